The largest absolute Gasteiger partial charge is 0.493 e. The van der Waals surface area contributed by atoms with Gasteiger partial charge in [-0.3, -0.25) is 10.1 Å². The minimum Gasteiger partial charge on any atom is -0.493 e. The molecule has 1 aliphatic carbocycles. The topological polar surface area (TPSA) is 103 Å². The lowest BCUT2D eigenvalue weighted by Crippen LogP contribution is -2.46. The summed E-state index contributed by atoms with van der Waals surface area (Å²) < 4.78 is 15.2. The maximum absolute atomic E-state index is 11.8. The second-order valence-electron chi connectivity index (χ2n) is 6.41. The Morgan fingerprint density at radius 2 is 1.79 bits per heavy atom. The first-order valence-electron chi connectivity index (χ1n) is 9.19. The molecule has 0 spiro atoms. The number of carbonyl (C=O) groups excluding carboxylic acids is 3. The third-order valence-electron chi connectivity index (χ3n) is 4.36. The Kier molecular flexibility index (Phi) is 8.33. The number of hydrogen-bond donors (Lipinski definition) is 2. The molecular weight excluding hydrogens is 364 g/mol. The number of ether oxygens (including phenoxy) is 3. The summed E-state index contributed by atoms with van der Waals surface area (Å²) in [5.74, 6) is -0.273. The molecule has 28 heavy (non-hydrogen) atoms. The van der Waals surface area contributed by atoms with Gasteiger partial charge in [0.1, 0.15) is 0 Å². The molecule has 0 unspecified atom stereocenters. The number of nitrogens with one attached hydrogen (secondary N) is 2. The van der Waals surface area contributed by atoms with E-state index in [1.54, 1.807) is 18.2 Å². The summed E-state index contributed by atoms with van der Waals surface area (Å²) in [5.41, 5.74) is 0.700. The highest BCUT2D eigenvalue weighted by molar-refractivity contribution is 5.96. The molecule has 152 valence electrons. The molecule has 0 saturated heterocycles. The summed E-state index contributed by atoms with van der Waals surface area (Å²) in [6, 6.07) is 4.68. The molecule has 2 N–H and O–H groups in total. The molecule has 0 aromatic heterocycles. The van der Waals surface area contributed by atoms with Gasteiger partial charge in [-0.25, -0.2) is 9.59 Å². The zero-order valence-corrected chi connectivity index (χ0v) is 16.2. The molecule has 1 aliphatic rings. The monoisotopic (exact) mass is 390 g/mol. The van der Waals surface area contributed by atoms with Crippen molar-refractivity contribution in [3.63, 3.8) is 0 Å². The van der Waals surface area contributed by atoms with Gasteiger partial charge in [-0.1, -0.05) is 25.3 Å². The molecule has 1 fully saturated rings. The van der Waals surface area contributed by atoms with Gasteiger partial charge in [0.2, 0.25) is 0 Å². The van der Waals surface area contributed by atoms with Crippen molar-refractivity contribution in [3.8, 4) is 11.5 Å². The second kappa shape index (κ2) is 11.0. The Hall–Kier alpha value is -3.03. The Morgan fingerprint density at radius 3 is 2.46 bits per heavy atom. The van der Waals surface area contributed by atoms with Gasteiger partial charge in [0.15, 0.2) is 18.1 Å². The van der Waals surface area contributed by atoms with Crippen LogP contribution in [0.2, 0.25) is 0 Å². The first-order chi connectivity index (χ1) is 13.5. The Labute approximate surface area is 164 Å². The highest BCUT2D eigenvalue weighted by Crippen LogP contribution is 2.27. The van der Waals surface area contributed by atoms with Crippen LogP contribution < -0.4 is 20.1 Å². The zero-order chi connectivity index (χ0) is 20.4. The highest BCUT2D eigenvalue weighted by atomic mass is 16.5. The number of hydrogen-bond acceptors (Lipinski definition) is 6. The van der Waals surface area contributed by atoms with E-state index in [9.17, 15) is 14.4 Å². The molecule has 3 amide bonds. The molecule has 8 heteroatoms. The summed E-state index contributed by atoms with van der Waals surface area (Å²) in [6.45, 7) is -0.535. The van der Waals surface area contributed by atoms with Gasteiger partial charge < -0.3 is 19.5 Å². The Morgan fingerprint density at radius 1 is 1.07 bits per heavy atom. The third-order valence-corrected chi connectivity index (χ3v) is 4.36. The standard InChI is InChI=1S/C20H26N2O6/c1-26-16-10-8-14(12-17(16)27-2)9-11-19(24)28-13-18(23)22-20(25)21-15-6-4-3-5-7-15/h8-12,15H,3-7,13H2,1-2H3,(H2,21,22,23,25)/b11-9+. The summed E-state index contributed by atoms with van der Waals surface area (Å²) >= 11 is 0. The van der Waals surface area contributed by atoms with Gasteiger partial charge in [0.25, 0.3) is 5.91 Å². The molecule has 0 aliphatic heterocycles. The Balaban J connectivity index is 1.74. The van der Waals surface area contributed by atoms with E-state index in [2.05, 4.69) is 10.6 Å². The van der Waals surface area contributed by atoms with Crippen molar-refractivity contribution >= 4 is 24.0 Å². The lowest BCUT2D eigenvalue weighted by Gasteiger charge is -2.22. The Bertz CT molecular complexity index is 725. The van der Waals surface area contributed by atoms with Gasteiger partial charge in [0.05, 0.1) is 14.2 Å². The average molecular weight is 390 g/mol. The van der Waals surface area contributed by atoms with Gasteiger partial charge in [0, 0.05) is 12.1 Å². The number of imide groups is 1. The fourth-order valence-corrected chi connectivity index (χ4v) is 2.94. The number of methoxy groups -OCH3 is 2. The smallest absolute Gasteiger partial charge is 0.331 e. The van der Waals surface area contributed by atoms with Crippen molar-refractivity contribution in [2.45, 2.75) is 38.1 Å². The second-order valence-corrected chi connectivity index (χ2v) is 6.41. The van der Waals surface area contributed by atoms with Crippen LogP contribution in [0.5, 0.6) is 11.5 Å². The van der Waals surface area contributed by atoms with Crippen molar-refractivity contribution in [1.29, 1.82) is 0 Å². The predicted octanol–water partition coefficient (Wildman–Crippen LogP) is 2.42. The molecule has 0 heterocycles. The van der Waals surface area contributed by atoms with Crippen LogP contribution in [-0.2, 0) is 14.3 Å². The van der Waals surface area contributed by atoms with Crippen molar-refractivity contribution in [2.24, 2.45) is 0 Å². The summed E-state index contributed by atoms with van der Waals surface area (Å²) in [6.07, 6.45) is 7.86. The van der Waals surface area contributed by atoms with Crippen LogP contribution in [0.1, 0.15) is 37.7 Å². The minimum absolute atomic E-state index is 0.0912. The molecule has 1 saturated carbocycles. The fourth-order valence-electron chi connectivity index (χ4n) is 2.94. The number of esters is 1. The van der Waals surface area contributed by atoms with Crippen molar-refractivity contribution in [1.82, 2.24) is 10.6 Å². The summed E-state index contributed by atoms with van der Waals surface area (Å²) in [5, 5.41) is 4.92. The lowest BCUT2D eigenvalue weighted by molar-refractivity contribution is -0.143. The molecule has 2 rings (SSSR count). The van der Waals surface area contributed by atoms with Gasteiger partial charge in [-0.05, 0) is 36.6 Å². The number of rotatable bonds is 7. The summed E-state index contributed by atoms with van der Waals surface area (Å²) in [4.78, 5) is 35.2. The molecule has 0 atom stereocenters. The summed E-state index contributed by atoms with van der Waals surface area (Å²) in [7, 11) is 3.05. The first-order valence-corrected chi connectivity index (χ1v) is 9.19. The quantitative estimate of drug-likeness (QED) is 0.547. The molecular formula is C20H26N2O6. The van der Waals surface area contributed by atoms with E-state index in [0.29, 0.717) is 17.1 Å². The average Bonchev–Trinajstić information content (AvgIpc) is 2.71. The molecule has 0 bridgehead atoms. The maximum atomic E-state index is 11.8. The van der Waals surface area contributed by atoms with E-state index in [0.717, 1.165) is 25.7 Å². The van der Waals surface area contributed by atoms with E-state index in [1.165, 1.54) is 32.8 Å². The molecule has 1 aromatic carbocycles. The van der Waals surface area contributed by atoms with Crippen LogP contribution in [0.4, 0.5) is 4.79 Å². The minimum atomic E-state index is -0.697. The fraction of sp³-hybridized carbons (Fsp3) is 0.450. The van der Waals surface area contributed by atoms with E-state index in [1.807, 2.05) is 0 Å². The number of benzene rings is 1. The lowest BCUT2D eigenvalue weighted by atomic mass is 9.96. The van der Waals surface area contributed by atoms with Crippen LogP contribution >= 0.6 is 0 Å². The van der Waals surface area contributed by atoms with Crippen LogP contribution in [-0.4, -0.2) is 44.8 Å². The highest BCUT2D eigenvalue weighted by Gasteiger charge is 2.17. The predicted molar refractivity (Wildman–Crippen MR) is 103 cm³/mol. The van der Waals surface area contributed by atoms with Crippen molar-refractivity contribution in [2.75, 3.05) is 20.8 Å². The van der Waals surface area contributed by atoms with Crippen molar-refractivity contribution < 1.29 is 28.6 Å². The first kappa shape index (κ1) is 21.3. The zero-order valence-electron chi connectivity index (χ0n) is 16.2. The van der Waals surface area contributed by atoms with Crippen LogP contribution in [0.25, 0.3) is 6.08 Å². The SMILES string of the molecule is COc1ccc(/C=C/C(=O)OCC(=O)NC(=O)NC2CCCCC2)cc1OC. The number of amides is 3. The van der Waals surface area contributed by atoms with E-state index >= 15 is 0 Å². The van der Waals surface area contributed by atoms with E-state index < -0.39 is 24.5 Å². The maximum Gasteiger partial charge on any atom is 0.331 e. The van der Waals surface area contributed by atoms with Crippen LogP contribution in [0.3, 0.4) is 0 Å². The number of urea groups is 1. The normalized spacial score (nSPS) is 14.4. The van der Waals surface area contributed by atoms with Gasteiger partial charge >= 0.3 is 12.0 Å². The van der Waals surface area contributed by atoms with Gasteiger partial charge in [-0.15, -0.1) is 0 Å². The van der Waals surface area contributed by atoms with Crippen LogP contribution in [0.15, 0.2) is 24.3 Å². The van der Waals surface area contributed by atoms with Crippen LogP contribution in [0, 0.1) is 0 Å². The van der Waals surface area contributed by atoms with E-state index in [-0.39, 0.29) is 6.04 Å². The van der Waals surface area contributed by atoms with E-state index in [4.69, 9.17) is 14.2 Å². The molecule has 0 radical (unpaired) electrons. The van der Waals surface area contributed by atoms with Gasteiger partial charge in [-0.2, -0.15) is 0 Å². The number of carbonyl (C=O) groups is 3. The third kappa shape index (κ3) is 6.94. The van der Waals surface area contributed by atoms with Crippen molar-refractivity contribution in [3.05, 3.63) is 29.8 Å². The molecule has 1 aromatic rings. The molecule has 8 nitrogen and oxygen atoms in total.